The van der Waals surface area contributed by atoms with Crippen LogP contribution in [0.3, 0.4) is 0 Å². The van der Waals surface area contributed by atoms with Gasteiger partial charge in [-0.05, 0) is 32.6 Å². The van der Waals surface area contributed by atoms with E-state index in [1.54, 1.807) is 11.8 Å². The van der Waals surface area contributed by atoms with Crippen LogP contribution in [0, 0.1) is 0 Å². The van der Waals surface area contributed by atoms with Crippen molar-refractivity contribution in [1.82, 2.24) is 15.8 Å². The van der Waals surface area contributed by atoms with Crippen LogP contribution in [0.4, 0.5) is 0 Å². The van der Waals surface area contributed by atoms with Gasteiger partial charge in [0.1, 0.15) is 0 Å². The molecule has 2 saturated carbocycles. The third-order valence-electron chi connectivity index (χ3n) is 5.43. The molecule has 4 N–H and O–H groups in total. The number of amides is 1. The number of carbonyl (C=O) groups is 1. The predicted molar refractivity (Wildman–Crippen MR) is 127 cm³/mol. The van der Waals surface area contributed by atoms with Crippen molar-refractivity contribution in [2.75, 3.05) is 13.1 Å². The summed E-state index contributed by atoms with van der Waals surface area (Å²) in [7, 11) is 0. The van der Waals surface area contributed by atoms with Gasteiger partial charge in [-0.25, -0.2) is 5.01 Å². The van der Waals surface area contributed by atoms with Gasteiger partial charge in [-0.2, -0.15) is 0 Å². The van der Waals surface area contributed by atoms with E-state index in [1.165, 1.54) is 69.1 Å². The lowest BCUT2D eigenvalue weighted by molar-refractivity contribution is -0.120. The lowest BCUT2D eigenvalue weighted by Crippen LogP contribution is -2.34. The molecule has 1 heterocycles. The van der Waals surface area contributed by atoms with Gasteiger partial charge in [-0.3, -0.25) is 10.2 Å². The molecule has 2 aliphatic carbocycles. The number of nitrogens with zero attached hydrogens (tertiary/aromatic N) is 1. The molecule has 1 saturated heterocycles. The van der Waals surface area contributed by atoms with Crippen molar-refractivity contribution < 1.29 is 4.79 Å². The van der Waals surface area contributed by atoms with Gasteiger partial charge in [0, 0.05) is 36.5 Å². The van der Waals surface area contributed by atoms with E-state index in [-0.39, 0.29) is 5.91 Å². The molecule has 5 nitrogen and oxygen atoms in total. The van der Waals surface area contributed by atoms with E-state index in [4.69, 9.17) is 5.73 Å². The van der Waals surface area contributed by atoms with Gasteiger partial charge in [-0.1, -0.05) is 62.9 Å². The maximum absolute atomic E-state index is 11.2. The van der Waals surface area contributed by atoms with Crippen molar-refractivity contribution in [3.8, 4) is 0 Å². The van der Waals surface area contributed by atoms with Crippen molar-refractivity contribution >= 4 is 17.7 Å². The number of thioether (sulfide) groups is 1. The third kappa shape index (κ3) is 11.5. The van der Waals surface area contributed by atoms with Crippen molar-refractivity contribution in [3.05, 3.63) is 35.7 Å². The average Bonchev–Trinajstić information content (AvgIpc) is 3.15. The topological polar surface area (TPSA) is 70.4 Å². The van der Waals surface area contributed by atoms with E-state index < -0.39 is 0 Å². The smallest absolute Gasteiger partial charge is 0.235 e. The van der Waals surface area contributed by atoms with Gasteiger partial charge < -0.3 is 11.1 Å². The van der Waals surface area contributed by atoms with Crippen LogP contribution in [-0.2, 0) is 4.79 Å². The maximum Gasteiger partial charge on any atom is 0.235 e. The molecule has 3 rings (SSSR count). The number of nitrogens with one attached hydrogen (secondary N) is 2. The number of hydrogen-bond acceptors (Lipinski definition) is 5. The number of nitrogens with two attached hydrogens (primary N) is 1. The fourth-order valence-corrected chi connectivity index (χ4v) is 4.69. The molecular weight excluding hydrogens is 380 g/mol. The van der Waals surface area contributed by atoms with Gasteiger partial charge in [0.05, 0.1) is 5.03 Å². The first kappa shape index (κ1) is 25.8. The normalized spacial score (nSPS) is 21.3. The summed E-state index contributed by atoms with van der Waals surface area (Å²) in [5.74, 6) is 0.115. The average molecular weight is 423 g/mol. The van der Waals surface area contributed by atoms with E-state index in [9.17, 15) is 4.79 Å². The number of rotatable bonds is 6. The van der Waals surface area contributed by atoms with Crippen LogP contribution in [0.5, 0.6) is 0 Å². The van der Waals surface area contributed by atoms with Crippen molar-refractivity contribution in [2.24, 2.45) is 5.73 Å². The standard InChI is InChI=1S/C15H25N3OS.C6H13N.C2H4/c1-3-14(11-18-10-9-15(19)17-18)20-12(2)16-13-7-5-4-6-8-13;7-6-4-2-1-3-5-6;1-2/h3,13,16H,2,4-11H2,1H3,(H,17,19);6H,1-5,7H2;1-2H2/b14-3-;;. The highest BCUT2D eigenvalue weighted by molar-refractivity contribution is 8.06. The van der Waals surface area contributed by atoms with Crippen LogP contribution in [0.2, 0.25) is 0 Å². The van der Waals surface area contributed by atoms with Crippen molar-refractivity contribution in [3.63, 3.8) is 0 Å². The SMILES string of the molecule is C=C.C=C(NC1CCCCC1)S/C(=C\C)CN1CCC(=O)N1.NC1CCCCC1. The van der Waals surface area contributed by atoms with Crippen molar-refractivity contribution in [2.45, 2.75) is 89.6 Å². The van der Waals surface area contributed by atoms with Crippen LogP contribution in [0.1, 0.15) is 77.6 Å². The minimum atomic E-state index is 0.115. The quantitative estimate of drug-likeness (QED) is 0.535. The number of allylic oxidation sites excluding steroid dienone is 1. The summed E-state index contributed by atoms with van der Waals surface area (Å²) >= 11 is 1.69. The van der Waals surface area contributed by atoms with Crippen LogP contribution < -0.4 is 16.5 Å². The highest BCUT2D eigenvalue weighted by atomic mass is 32.2. The van der Waals surface area contributed by atoms with Gasteiger partial charge in [0.15, 0.2) is 0 Å². The predicted octanol–water partition coefficient (Wildman–Crippen LogP) is 4.83. The molecule has 3 fully saturated rings. The third-order valence-corrected chi connectivity index (χ3v) is 6.43. The zero-order valence-corrected chi connectivity index (χ0v) is 19.2. The Kier molecular flexibility index (Phi) is 13.9. The summed E-state index contributed by atoms with van der Waals surface area (Å²) in [4.78, 5) is 12.4. The Hall–Kier alpha value is -1.24. The monoisotopic (exact) mass is 422 g/mol. The molecule has 0 aromatic rings. The molecule has 166 valence electrons. The van der Waals surface area contributed by atoms with E-state index in [0.717, 1.165) is 18.1 Å². The molecule has 1 amide bonds. The largest absolute Gasteiger partial charge is 0.377 e. The summed E-state index contributed by atoms with van der Waals surface area (Å²) < 4.78 is 0. The first-order valence-corrected chi connectivity index (χ1v) is 12.0. The number of carbonyl (C=O) groups excluding carboxylic acids is 1. The molecule has 29 heavy (non-hydrogen) atoms. The molecule has 0 spiro atoms. The molecule has 0 radical (unpaired) electrons. The molecule has 0 aromatic heterocycles. The molecule has 0 unspecified atom stereocenters. The summed E-state index contributed by atoms with van der Waals surface area (Å²) in [6.45, 7) is 13.7. The molecule has 0 bridgehead atoms. The Balaban J connectivity index is 0.000000390. The second kappa shape index (κ2) is 15.6. The van der Waals surface area contributed by atoms with E-state index in [2.05, 4.69) is 36.6 Å². The molecule has 0 aromatic carbocycles. The molecule has 6 heteroatoms. The van der Waals surface area contributed by atoms with E-state index in [0.29, 0.717) is 18.5 Å². The summed E-state index contributed by atoms with van der Waals surface area (Å²) in [5, 5.41) is 6.53. The van der Waals surface area contributed by atoms with Crippen LogP contribution >= 0.6 is 11.8 Å². The highest BCUT2D eigenvalue weighted by Gasteiger charge is 2.20. The Morgan fingerprint density at radius 2 is 1.76 bits per heavy atom. The van der Waals surface area contributed by atoms with Crippen LogP contribution in [0.15, 0.2) is 35.7 Å². The molecule has 0 atom stereocenters. The first-order valence-electron chi connectivity index (χ1n) is 11.2. The van der Waals surface area contributed by atoms with Crippen LogP contribution in [0.25, 0.3) is 0 Å². The number of hydrogen-bond donors (Lipinski definition) is 3. The zero-order valence-electron chi connectivity index (χ0n) is 18.4. The van der Waals surface area contributed by atoms with Gasteiger partial charge in [-0.15, -0.1) is 13.2 Å². The Morgan fingerprint density at radius 3 is 2.21 bits per heavy atom. The Morgan fingerprint density at radius 1 is 1.17 bits per heavy atom. The minimum Gasteiger partial charge on any atom is -0.377 e. The molecule has 3 aliphatic rings. The van der Waals surface area contributed by atoms with E-state index in [1.807, 2.05) is 11.9 Å². The Bertz CT molecular complexity index is 511. The van der Waals surface area contributed by atoms with Gasteiger partial charge in [0.2, 0.25) is 5.91 Å². The van der Waals surface area contributed by atoms with E-state index >= 15 is 0 Å². The first-order chi connectivity index (χ1) is 14.1. The fourth-order valence-electron chi connectivity index (χ4n) is 3.81. The van der Waals surface area contributed by atoms with Crippen molar-refractivity contribution in [1.29, 1.82) is 0 Å². The second-order valence-electron chi connectivity index (χ2n) is 7.86. The van der Waals surface area contributed by atoms with Crippen LogP contribution in [-0.4, -0.2) is 36.1 Å². The molecule has 1 aliphatic heterocycles. The lowest BCUT2D eigenvalue weighted by Gasteiger charge is -2.25. The number of hydrazine groups is 1. The highest BCUT2D eigenvalue weighted by Crippen LogP contribution is 2.26. The minimum absolute atomic E-state index is 0.115. The summed E-state index contributed by atoms with van der Waals surface area (Å²) in [5.41, 5.74) is 8.50. The summed E-state index contributed by atoms with van der Waals surface area (Å²) in [6, 6.07) is 1.13. The lowest BCUT2D eigenvalue weighted by atomic mass is 9.96. The van der Waals surface area contributed by atoms with Gasteiger partial charge in [0.25, 0.3) is 0 Å². The maximum atomic E-state index is 11.2. The van der Waals surface area contributed by atoms with Gasteiger partial charge >= 0.3 is 0 Å². The zero-order chi connectivity index (χ0) is 21.5. The summed E-state index contributed by atoms with van der Waals surface area (Å²) in [6.07, 6.45) is 15.9. The molecular formula is C23H42N4OS. The Labute approximate surface area is 182 Å². The fraction of sp³-hybridized carbons (Fsp3) is 0.696. The second-order valence-corrected chi connectivity index (χ2v) is 9.09.